The lowest BCUT2D eigenvalue weighted by Crippen LogP contribution is -2.42. The second kappa shape index (κ2) is 7.95. The van der Waals surface area contributed by atoms with Gasteiger partial charge < -0.3 is 4.90 Å². The number of pyridine rings is 1. The molecular formula is C22H22N4O3. The molecule has 0 spiro atoms. The average molecular weight is 390 g/mol. The van der Waals surface area contributed by atoms with E-state index in [-0.39, 0.29) is 23.2 Å². The third-order valence-electron chi connectivity index (χ3n) is 5.63. The van der Waals surface area contributed by atoms with E-state index in [1.807, 2.05) is 19.1 Å². The molecule has 1 aliphatic rings. The highest BCUT2D eigenvalue weighted by Crippen LogP contribution is 2.26. The first kappa shape index (κ1) is 19.0. The molecule has 1 fully saturated rings. The maximum atomic E-state index is 13.1. The Balaban J connectivity index is 1.47. The predicted octanol–water partition coefficient (Wildman–Crippen LogP) is 2.54. The molecule has 148 valence electrons. The van der Waals surface area contributed by atoms with Crippen LogP contribution in [0.15, 0.2) is 53.6 Å². The summed E-state index contributed by atoms with van der Waals surface area (Å²) < 4.78 is 0. The van der Waals surface area contributed by atoms with Crippen LogP contribution in [0.4, 0.5) is 0 Å². The molecule has 0 radical (unpaired) electrons. The molecule has 0 bridgehead atoms. The number of ketones is 1. The molecule has 1 saturated heterocycles. The van der Waals surface area contributed by atoms with Crippen LogP contribution in [0.5, 0.6) is 0 Å². The number of H-pyrrole nitrogens is 1. The minimum atomic E-state index is -0.484. The number of nitrogens with zero attached hydrogens (tertiary/aromatic N) is 3. The van der Waals surface area contributed by atoms with Gasteiger partial charge in [0.1, 0.15) is 0 Å². The molecule has 7 heteroatoms. The highest BCUT2D eigenvalue weighted by atomic mass is 16.2. The number of nitrogens with one attached hydrogen (secondary N) is 1. The third kappa shape index (κ3) is 3.68. The van der Waals surface area contributed by atoms with Crippen LogP contribution in [0.25, 0.3) is 10.8 Å². The minimum absolute atomic E-state index is 0.0398. The van der Waals surface area contributed by atoms with Crippen molar-refractivity contribution >= 4 is 22.5 Å². The van der Waals surface area contributed by atoms with Gasteiger partial charge in [-0.15, -0.1) is 0 Å². The summed E-state index contributed by atoms with van der Waals surface area (Å²) in [5.41, 5.74) is 0.923. The lowest BCUT2D eigenvalue weighted by molar-refractivity contribution is -0.133. The fraction of sp³-hybridized carbons (Fsp3) is 0.318. The van der Waals surface area contributed by atoms with Crippen LogP contribution in [0.2, 0.25) is 0 Å². The molecule has 1 unspecified atom stereocenters. The molecule has 2 aromatic heterocycles. The first-order chi connectivity index (χ1) is 14.1. The molecule has 1 atom stereocenters. The van der Waals surface area contributed by atoms with Crippen molar-refractivity contribution in [2.45, 2.75) is 25.7 Å². The number of carbonyl (C=O) groups excluding carboxylic acids is 2. The Morgan fingerprint density at radius 3 is 2.52 bits per heavy atom. The number of benzene rings is 1. The average Bonchev–Trinajstić information content (AvgIpc) is 2.79. The predicted molar refractivity (Wildman–Crippen MR) is 109 cm³/mol. The van der Waals surface area contributed by atoms with E-state index in [0.29, 0.717) is 48.0 Å². The standard InChI is InChI=1S/C22H22N4O3/c1-14(19-17-6-2-3-7-18(17)21(28)25-24-19)22(29)26-11-8-15(9-12-26)20(27)16-5-4-10-23-13-16/h2-7,10,13-15H,8-9,11-12H2,1H3,(H,25,28). The molecule has 4 rings (SSSR count). The summed E-state index contributed by atoms with van der Waals surface area (Å²) in [7, 11) is 0. The maximum Gasteiger partial charge on any atom is 0.272 e. The van der Waals surface area contributed by atoms with Gasteiger partial charge in [-0.2, -0.15) is 5.10 Å². The van der Waals surface area contributed by atoms with Gasteiger partial charge in [-0.1, -0.05) is 18.2 Å². The topological polar surface area (TPSA) is 96.0 Å². The normalized spacial score (nSPS) is 16.0. The molecule has 0 saturated carbocycles. The van der Waals surface area contributed by atoms with Crippen molar-refractivity contribution in [3.63, 3.8) is 0 Å². The van der Waals surface area contributed by atoms with Crippen LogP contribution < -0.4 is 5.56 Å². The molecule has 3 heterocycles. The summed E-state index contributed by atoms with van der Waals surface area (Å²) in [6, 6.07) is 10.7. The quantitative estimate of drug-likeness (QED) is 0.691. The van der Waals surface area contributed by atoms with Gasteiger partial charge in [0.05, 0.1) is 17.0 Å². The van der Waals surface area contributed by atoms with Crippen molar-refractivity contribution in [3.05, 3.63) is 70.4 Å². The molecule has 3 aromatic rings. The van der Waals surface area contributed by atoms with E-state index in [2.05, 4.69) is 15.2 Å². The number of piperidine rings is 1. The van der Waals surface area contributed by atoms with Crippen LogP contribution >= 0.6 is 0 Å². The van der Waals surface area contributed by atoms with Gasteiger partial charge >= 0.3 is 0 Å². The first-order valence-electron chi connectivity index (χ1n) is 9.76. The molecule has 1 aromatic carbocycles. The molecule has 1 amide bonds. The number of carbonyl (C=O) groups is 2. The van der Waals surface area contributed by atoms with Crippen LogP contribution in [0, 0.1) is 5.92 Å². The SMILES string of the molecule is CC(C(=O)N1CCC(C(=O)c2cccnc2)CC1)c1n[nH]c(=O)c2ccccc12. The van der Waals surface area contributed by atoms with Crippen molar-refractivity contribution < 1.29 is 9.59 Å². The Morgan fingerprint density at radius 2 is 1.83 bits per heavy atom. The summed E-state index contributed by atoms with van der Waals surface area (Å²) in [6.45, 7) is 2.87. The van der Waals surface area contributed by atoms with E-state index in [0.717, 1.165) is 0 Å². The highest BCUT2D eigenvalue weighted by Gasteiger charge is 2.31. The van der Waals surface area contributed by atoms with Crippen molar-refractivity contribution in [1.82, 2.24) is 20.1 Å². The zero-order valence-electron chi connectivity index (χ0n) is 16.2. The number of rotatable bonds is 4. The van der Waals surface area contributed by atoms with Gasteiger partial charge in [0, 0.05) is 42.4 Å². The zero-order valence-corrected chi connectivity index (χ0v) is 16.2. The van der Waals surface area contributed by atoms with E-state index < -0.39 is 5.92 Å². The fourth-order valence-corrected chi connectivity index (χ4v) is 3.96. The smallest absolute Gasteiger partial charge is 0.272 e. The highest BCUT2D eigenvalue weighted by molar-refractivity contribution is 5.98. The van der Waals surface area contributed by atoms with E-state index >= 15 is 0 Å². The molecular weight excluding hydrogens is 368 g/mol. The largest absolute Gasteiger partial charge is 0.342 e. The van der Waals surface area contributed by atoms with E-state index in [4.69, 9.17) is 0 Å². The second-order valence-electron chi connectivity index (χ2n) is 7.41. The van der Waals surface area contributed by atoms with Crippen LogP contribution in [-0.4, -0.2) is 44.9 Å². The summed E-state index contributed by atoms with van der Waals surface area (Å²) in [5, 5.41) is 7.87. The third-order valence-corrected chi connectivity index (χ3v) is 5.63. The number of hydrogen-bond donors (Lipinski definition) is 1. The Morgan fingerprint density at radius 1 is 1.10 bits per heavy atom. The van der Waals surface area contributed by atoms with Crippen molar-refractivity contribution in [3.8, 4) is 0 Å². The summed E-state index contributed by atoms with van der Waals surface area (Å²) in [5.74, 6) is -0.526. The van der Waals surface area contributed by atoms with Crippen LogP contribution in [-0.2, 0) is 4.79 Å². The number of hydrogen-bond acceptors (Lipinski definition) is 5. The number of aromatic amines is 1. The Kier molecular flexibility index (Phi) is 5.20. The van der Waals surface area contributed by atoms with Crippen LogP contribution in [0.3, 0.4) is 0 Å². The summed E-state index contributed by atoms with van der Waals surface area (Å²) >= 11 is 0. The minimum Gasteiger partial charge on any atom is -0.342 e. The number of amides is 1. The van der Waals surface area contributed by atoms with Gasteiger partial charge in [-0.3, -0.25) is 19.4 Å². The first-order valence-corrected chi connectivity index (χ1v) is 9.76. The van der Waals surface area contributed by atoms with Crippen molar-refractivity contribution in [1.29, 1.82) is 0 Å². The maximum absolute atomic E-state index is 13.1. The Hall–Kier alpha value is -3.35. The van der Waals surface area contributed by atoms with E-state index in [1.165, 1.54) is 0 Å². The Labute approximate surface area is 167 Å². The molecule has 1 aliphatic heterocycles. The van der Waals surface area contributed by atoms with Gasteiger partial charge in [0.2, 0.25) is 5.91 Å². The van der Waals surface area contributed by atoms with Crippen LogP contribution in [0.1, 0.15) is 41.7 Å². The zero-order chi connectivity index (χ0) is 20.4. The number of Topliss-reactive ketones (excluding diaryl/α,β-unsaturated/α-hetero) is 1. The van der Waals surface area contributed by atoms with Crippen molar-refractivity contribution in [2.75, 3.05) is 13.1 Å². The van der Waals surface area contributed by atoms with Gasteiger partial charge in [-0.25, -0.2) is 5.10 Å². The molecule has 1 N–H and O–H groups in total. The molecule has 7 nitrogen and oxygen atoms in total. The lowest BCUT2D eigenvalue weighted by atomic mass is 9.88. The summed E-state index contributed by atoms with van der Waals surface area (Å²) in [4.78, 5) is 43.5. The molecule has 0 aliphatic carbocycles. The van der Waals surface area contributed by atoms with Gasteiger partial charge in [-0.05, 0) is 38.0 Å². The fourth-order valence-electron chi connectivity index (χ4n) is 3.96. The van der Waals surface area contributed by atoms with E-state index in [1.54, 1.807) is 41.6 Å². The number of fused-ring (bicyclic) bond motifs is 1. The van der Waals surface area contributed by atoms with Gasteiger partial charge in [0.15, 0.2) is 5.78 Å². The number of likely N-dealkylation sites (tertiary alicyclic amines) is 1. The second-order valence-corrected chi connectivity index (χ2v) is 7.41. The number of aromatic nitrogens is 3. The van der Waals surface area contributed by atoms with Crippen molar-refractivity contribution in [2.24, 2.45) is 5.92 Å². The molecule has 29 heavy (non-hydrogen) atoms. The summed E-state index contributed by atoms with van der Waals surface area (Å²) in [6.07, 6.45) is 4.50. The lowest BCUT2D eigenvalue weighted by Gasteiger charge is -2.33. The monoisotopic (exact) mass is 390 g/mol. The van der Waals surface area contributed by atoms with Gasteiger partial charge in [0.25, 0.3) is 5.56 Å². The Bertz CT molecular complexity index is 1100. The van der Waals surface area contributed by atoms with E-state index in [9.17, 15) is 14.4 Å².